The molecule has 1 unspecified atom stereocenters. The van der Waals surface area contributed by atoms with Crippen LogP contribution in [-0.2, 0) is 13.0 Å². The average Bonchev–Trinajstić information content (AvgIpc) is 2.54. The largest absolute Gasteiger partial charge is 0.367 e. The third kappa shape index (κ3) is 3.15. The molecular formula is C17H22N4. The first kappa shape index (κ1) is 13.9. The third-order valence-electron chi connectivity index (χ3n) is 4.11. The Bertz CT molecular complexity index is 611. The molecule has 0 radical (unpaired) electrons. The molecule has 1 aromatic carbocycles. The second-order valence-electron chi connectivity index (χ2n) is 5.66. The Morgan fingerprint density at radius 1 is 1.24 bits per heavy atom. The Labute approximate surface area is 126 Å². The van der Waals surface area contributed by atoms with Gasteiger partial charge in [-0.2, -0.15) is 0 Å². The fraction of sp³-hybridized carbons (Fsp3) is 0.412. The zero-order valence-electron chi connectivity index (χ0n) is 12.7. The second-order valence-corrected chi connectivity index (χ2v) is 5.66. The lowest BCUT2D eigenvalue weighted by atomic mass is 10.00. The van der Waals surface area contributed by atoms with Gasteiger partial charge in [-0.25, -0.2) is 9.97 Å². The maximum absolute atomic E-state index is 4.44. The molecule has 0 amide bonds. The lowest BCUT2D eigenvalue weighted by Gasteiger charge is -2.30. The summed E-state index contributed by atoms with van der Waals surface area (Å²) in [5.41, 5.74) is 2.86. The molecule has 1 aromatic heterocycles. The van der Waals surface area contributed by atoms with Crippen LogP contribution in [0.4, 0.5) is 11.6 Å². The van der Waals surface area contributed by atoms with E-state index in [1.807, 2.05) is 0 Å². The minimum atomic E-state index is 0.426. The van der Waals surface area contributed by atoms with Gasteiger partial charge in [0.15, 0.2) is 0 Å². The van der Waals surface area contributed by atoms with Crippen molar-refractivity contribution in [2.24, 2.45) is 0 Å². The van der Waals surface area contributed by atoms with Gasteiger partial charge in [-0.1, -0.05) is 31.2 Å². The maximum atomic E-state index is 4.44. The number of rotatable bonds is 4. The number of anilines is 2. The zero-order valence-corrected chi connectivity index (χ0v) is 12.7. The molecule has 0 saturated carbocycles. The predicted octanol–water partition coefficient (Wildman–Crippen LogP) is 3.25. The summed E-state index contributed by atoms with van der Waals surface area (Å²) >= 11 is 0. The van der Waals surface area contributed by atoms with E-state index in [1.54, 1.807) is 6.33 Å². The molecule has 1 aliphatic heterocycles. The number of fused-ring (bicyclic) bond motifs is 1. The number of hydrogen-bond donors (Lipinski definition) is 1. The standard InChI is InChI=1S/C17H22N4/c1-3-13(2)20-16-10-17(19-12-18-16)21-9-8-14-6-4-5-7-15(14)11-21/h4-7,10,12-13H,3,8-9,11H2,1-2H3,(H,18,19,20). The van der Waals surface area contributed by atoms with E-state index in [1.165, 1.54) is 11.1 Å². The maximum Gasteiger partial charge on any atom is 0.134 e. The smallest absolute Gasteiger partial charge is 0.134 e. The molecule has 0 spiro atoms. The molecule has 4 heteroatoms. The van der Waals surface area contributed by atoms with Gasteiger partial charge in [0.2, 0.25) is 0 Å². The number of aromatic nitrogens is 2. The van der Waals surface area contributed by atoms with Gasteiger partial charge in [0.05, 0.1) is 0 Å². The van der Waals surface area contributed by atoms with Crippen LogP contribution in [0.5, 0.6) is 0 Å². The summed E-state index contributed by atoms with van der Waals surface area (Å²) in [6.07, 6.45) is 3.81. The van der Waals surface area contributed by atoms with Crippen molar-refractivity contribution in [2.75, 3.05) is 16.8 Å². The van der Waals surface area contributed by atoms with Crippen LogP contribution in [0.3, 0.4) is 0 Å². The third-order valence-corrected chi connectivity index (χ3v) is 4.11. The number of nitrogens with one attached hydrogen (secondary N) is 1. The Kier molecular flexibility index (Phi) is 4.04. The summed E-state index contributed by atoms with van der Waals surface area (Å²) in [5.74, 6) is 1.92. The van der Waals surface area contributed by atoms with E-state index in [9.17, 15) is 0 Å². The van der Waals surface area contributed by atoms with E-state index in [4.69, 9.17) is 0 Å². The van der Waals surface area contributed by atoms with Crippen LogP contribution < -0.4 is 10.2 Å². The van der Waals surface area contributed by atoms with E-state index in [0.29, 0.717) is 6.04 Å². The fourth-order valence-electron chi connectivity index (χ4n) is 2.64. The highest BCUT2D eigenvalue weighted by molar-refractivity contribution is 5.50. The molecule has 1 N–H and O–H groups in total. The minimum Gasteiger partial charge on any atom is -0.367 e. The van der Waals surface area contributed by atoms with Gasteiger partial charge in [0, 0.05) is 25.2 Å². The highest BCUT2D eigenvalue weighted by atomic mass is 15.2. The van der Waals surface area contributed by atoms with Crippen LogP contribution in [0.2, 0.25) is 0 Å². The first-order chi connectivity index (χ1) is 10.3. The second kappa shape index (κ2) is 6.12. The monoisotopic (exact) mass is 282 g/mol. The van der Waals surface area contributed by atoms with Crippen LogP contribution in [-0.4, -0.2) is 22.6 Å². The first-order valence-electron chi connectivity index (χ1n) is 7.66. The molecule has 1 atom stereocenters. The number of nitrogens with zero attached hydrogens (tertiary/aromatic N) is 3. The van der Waals surface area contributed by atoms with Crippen molar-refractivity contribution in [3.8, 4) is 0 Å². The van der Waals surface area contributed by atoms with Crippen LogP contribution in [0, 0.1) is 0 Å². The van der Waals surface area contributed by atoms with E-state index >= 15 is 0 Å². The van der Waals surface area contributed by atoms with Gasteiger partial charge < -0.3 is 10.2 Å². The topological polar surface area (TPSA) is 41.0 Å². The number of benzene rings is 1. The van der Waals surface area contributed by atoms with Gasteiger partial charge in [-0.05, 0) is 30.9 Å². The Morgan fingerprint density at radius 3 is 2.86 bits per heavy atom. The summed E-state index contributed by atoms with van der Waals surface area (Å²) in [4.78, 5) is 11.1. The quantitative estimate of drug-likeness (QED) is 0.934. The molecule has 0 saturated heterocycles. The van der Waals surface area contributed by atoms with Crippen LogP contribution in [0.1, 0.15) is 31.4 Å². The van der Waals surface area contributed by atoms with Crippen molar-refractivity contribution >= 4 is 11.6 Å². The Hall–Kier alpha value is -2.10. The van der Waals surface area contributed by atoms with Crippen LogP contribution >= 0.6 is 0 Å². The lowest BCUT2D eigenvalue weighted by molar-refractivity contribution is 0.717. The normalized spacial score (nSPS) is 15.4. The summed E-state index contributed by atoms with van der Waals surface area (Å²) in [6, 6.07) is 11.1. The molecule has 21 heavy (non-hydrogen) atoms. The number of hydrogen-bond acceptors (Lipinski definition) is 4. The SMILES string of the molecule is CCC(C)Nc1cc(N2CCc3ccccc3C2)ncn1. The fourth-order valence-corrected chi connectivity index (χ4v) is 2.64. The highest BCUT2D eigenvalue weighted by Crippen LogP contribution is 2.24. The molecule has 2 heterocycles. The van der Waals surface area contributed by atoms with E-state index in [2.05, 4.69) is 64.4 Å². The molecule has 110 valence electrons. The van der Waals surface area contributed by atoms with Crippen molar-refractivity contribution in [1.29, 1.82) is 0 Å². The predicted molar refractivity (Wildman–Crippen MR) is 86.6 cm³/mol. The van der Waals surface area contributed by atoms with Gasteiger partial charge in [-0.15, -0.1) is 0 Å². The summed E-state index contributed by atoms with van der Waals surface area (Å²) in [5, 5.41) is 3.41. The first-order valence-corrected chi connectivity index (χ1v) is 7.66. The van der Waals surface area contributed by atoms with E-state index in [0.717, 1.165) is 37.6 Å². The van der Waals surface area contributed by atoms with Crippen molar-refractivity contribution in [3.05, 3.63) is 47.8 Å². The molecule has 3 rings (SSSR count). The van der Waals surface area contributed by atoms with Crippen molar-refractivity contribution in [3.63, 3.8) is 0 Å². The van der Waals surface area contributed by atoms with Crippen molar-refractivity contribution in [1.82, 2.24) is 9.97 Å². The Balaban J connectivity index is 1.77. The molecule has 0 aliphatic carbocycles. The minimum absolute atomic E-state index is 0.426. The summed E-state index contributed by atoms with van der Waals surface area (Å²) < 4.78 is 0. The van der Waals surface area contributed by atoms with Gasteiger partial charge >= 0.3 is 0 Å². The summed E-state index contributed by atoms with van der Waals surface area (Å²) in [6.45, 7) is 6.27. The highest BCUT2D eigenvalue weighted by Gasteiger charge is 2.17. The summed E-state index contributed by atoms with van der Waals surface area (Å²) in [7, 11) is 0. The molecule has 2 aromatic rings. The molecule has 1 aliphatic rings. The molecular weight excluding hydrogens is 260 g/mol. The van der Waals surface area contributed by atoms with Gasteiger partial charge in [0.25, 0.3) is 0 Å². The lowest BCUT2D eigenvalue weighted by Crippen LogP contribution is -2.31. The van der Waals surface area contributed by atoms with Crippen molar-refractivity contribution < 1.29 is 0 Å². The van der Waals surface area contributed by atoms with E-state index < -0.39 is 0 Å². The van der Waals surface area contributed by atoms with Crippen LogP contribution in [0.25, 0.3) is 0 Å². The van der Waals surface area contributed by atoms with Crippen molar-refractivity contribution in [2.45, 2.75) is 39.3 Å². The van der Waals surface area contributed by atoms with Gasteiger partial charge in [-0.3, -0.25) is 0 Å². The van der Waals surface area contributed by atoms with Gasteiger partial charge in [0.1, 0.15) is 18.0 Å². The molecule has 0 fully saturated rings. The average molecular weight is 282 g/mol. The molecule has 4 nitrogen and oxygen atoms in total. The zero-order chi connectivity index (χ0) is 14.7. The van der Waals surface area contributed by atoms with Crippen LogP contribution in [0.15, 0.2) is 36.7 Å². The molecule has 0 bridgehead atoms. The Morgan fingerprint density at radius 2 is 2.05 bits per heavy atom. The van der Waals surface area contributed by atoms with E-state index in [-0.39, 0.29) is 0 Å².